The molecule has 4 aliphatic heterocycles. The number of aryl methyl sites for hydroxylation is 2. The third kappa shape index (κ3) is 3.41. The third-order valence-electron chi connectivity index (χ3n) is 7.28. The van der Waals surface area contributed by atoms with Crippen molar-refractivity contribution in [2.24, 2.45) is 5.92 Å². The van der Waals surface area contributed by atoms with Gasteiger partial charge in [0.2, 0.25) is 0 Å². The second-order valence-corrected chi connectivity index (χ2v) is 9.08. The molecule has 1 aromatic rings. The summed E-state index contributed by atoms with van der Waals surface area (Å²) in [6.45, 7) is 4.51. The number of H-pyrrole nitrogens is 1. The van der Waals surface area contributed by atoms with E-state index in [1.165, 1.54) is 6.42 Å². The first-order chi connectivity index (χ1) is 13.7. The molecule has 1 aromatic heterocycles. The Morgan fingerprint density at radius 3 is 2.68 bits per heavy atom. The number of amides is 1. The minimum absolute atomic E-state index is 0.0573. The first kappa shape index (κ1) is 18.4. The fourth-order valence-electron chi connectivity index (χ4n) is 5.70. The van der Waals surface area contributed by atoms with Gasteiger partial charge in [0, 0.05) is 50.6 Å². The van der Waals surface area contributed by atoms with Crippen molar-refractivity contribution in [3.8, 4) is 0 Å². The van der Waals surface area contributed by atoms with Gasteiger partial charge in [-0.15, -0.1) is 0 Å². The van der Waals surface area contributed by atoms with E-state index >= 15 is 0 Å². The molecule has 4 fully saturated rings. The van der Waals surface area contributed by atoms with Crippen molar-refractivity contribution in [3.05, 3.63) is 33.2 Å². The van der Waals surface area contributed by atoms with Crippen molar-refractivity contribution < 1.29 is 9.53 Å². The van der Waals surface area contributed by atoms with Gasteiger partial charge < -0.3 is 14.6 Å². The summed E-state index contributed by atoms with van der Waals surface area (Å²) in [4.78, 5) is 33.7. The molecule has 6 rings (SSSR count). The number of nitrogens with zero attached hydrogens (tertiary/aromatic N) is 2. The minimum atomic E-state index is -0.202. The molecule has 28 heavy (non-hydrogen) atoms. The standard InChI is InChI=1S/C22H31N3O3/c26-21-19(11-16-3-1-2-4-20(16)23-21)22(27)25-13-15-5-6-18(25)14-24(12-15)17-7-9-28-10-8-17/h11,15,17-18H,1-10,12-14H2,(H,23,26)/t15-,18+/m0/s1. The smallest absolute Gasteiger partial charge is 0.261 e. The molecule has 2 bridgehead atoms. The number of aromatic nitrogens is 1. The van der Waals surface area contributed by atoms with Crippen molar-refractivity contribution >= 4 is 5.91 Å². The summed E-state index contributed by atoms with van der Waals surface area (Å²) in [7, 11) is 0. The number of carbonyl (C=O) groups is 1. The molecule has 1 aliphatic carbocycles. The Bertz CT molecular complexity index is 799. The molecule has 6 heteroatoms. The predicted molar refractivity (Wildman–Crippen MR) is 107 cm³/mol. The van der Waals surface area contributed by atoms with Crippen molar-refractivity contribution in [2.45, 2.75) is 63.5 Å². The molecule has 152 valence electrons. The predicted octanol–water partition coefficient (Wildman–Crippen LogP) is 1.97. The summed E-state index contributed by atoms with van der Waals surface area (Å²) in [5.41, 5.74) is 2.35. The highest BCUT2D eigenvalue weighted by molar-refractivity contribution is 5.94. The van der Waals surface area contributed by atoms with E-state index in [0.717, 1.165) is 89.1 Å². The average molecular weight is 386 g/mol. The van der Waals surface area contributed by atoms with Gasteiger partial charge in [-0.25, -0.2) is 0 Å². The molecule has 0 saturated carbocycles. The van der Waals surface area contributed by atoms with E-state index in [-0.39, 0.29) is 17.5 Å². The highest BCUT2D eigenvalue weighted by Gasteiger charge is 2.40. The summed E-state index contributed by atoms with van der Waals surface area (Å²) in [5, 5.41) is 0. The van der Waals surface area contributed by atoms with Gasteiger partial charge in [-0.3, -0.25) is 14.5 Å². The van der Waals surface area contributed by atoms with Crippen LogP contribution in [0.5, 0.6) is 0 Å². The van der Waals surface area contributed by atoms with E-state index in [4.69, 9.17) is 4.74 Å². The van der Waals surface area contributed by atoms with Gasteiger partial charge in [0.25, 0.3) is 11.5 Å². The zero-order chi connectivity index (χ0) is 19.1. The zero-order valence-corrected chi connectivity index (χ0v) is 16.6. The van der Waals surface area contributed by atoms with Gasteiger partial charge in [0.05, 0.1) is 0 Å². The van der Waals surface area contributed by atoms with Crippen LogP contribution in [0, 0.1) is 5.92 Å². The van der Waals surface area contributed by atoms with E-state index in [0.29, 0.717) is 17.5 Å². The monoisotopic (exact) mass is 385 g/mol. The van der Waals surface area contributed by atoms with Gasteiger partial charge in [0.15, 0.2) is 0 Å². The molecule has 5 heterocycles. The maximum atomic E-state index is 13.4. The minimum Gasteiger partial charge on any atom is -0.381 e. The Hall–Kier alpha value is -1.66. The SMILES string of the molecule is O=C(c1cc2c([nH]c1=O)CCCC2)N1C[C@H]2CC[C@@H]1CN(C1CCOCC1)C2. The maximum Gasteiger partial charge on any atom is 0.261 e. The van der Waals surface area contributed by atoms with Crippen LogP contribution in [-0.2, 0) is 17.6 Å². The van der Waals surface area contributed by atoms with E-state index < -0.39 is 0 Å². The van der Waals surface area contributed by atoms with Gasteiger partial charge in [-0.05, 0) is 68.9 Å². The molecular formula is C22H31N3O3. The summed E-state index contributed by atoms with van der Waals surface area (Å²) in [6, 6.07) is 2.70. The Balaban J connectivity index is 1.38. The lowest BCUT2D eigenvalue weighted by atomic mass is 9.92. The average Bonchev–Trinajstić information content (AvgIpc) is 3.05. The quantitative estimate of drug-likeness (QED) is 0.845. The van der Waals surface area contributed by atoms with Crippen LogP contribution in [0.15, 0.2) is 10.9 Å². The topological polar surface area (TPSA) is 65.6 Å². The van der Waals surface area contributed by atoms with Crippen LogP contribution in [0.2, 0.25) is 0 Å². The van der Waals surface area contributed by atoms with Gasteiger partial charge >= 0.3 is 0 Å². The van der Waals surface area contributed by atoms with Gasteiger partial charge in [0.1, 0.15) is 5.56 Å². The van der Waals surface area contributed by atoms with Crippen LogP contribution in [0.1, 0.15) is 60.1 Å². The van der Waals surface area contributed by atoms with Crippen LogP contribution in [-0.4, -0.2) is 65.6 Å². The van der Waals surface area contributed by atoms with Crippen LogP contribution in [0.25, 0.3) is 0 Å². The summed E-state index contributed by atoms with van der Waals surface area (Å²) in [5.74, 6) is 0.459. The second-order valence-electron chi connectivity index (χ2n) is 9.08. The number of carbonyl (C=O) groups excluding carboxylic acids is 1. The number of hydrogen-bond acceptors (Lipinski definition) is 4. The highest BCUT2D eigenvalue weighted by Crippen LogP contribution is 2.31. The van der Waals surface area contributed by atoms with Crippen LogP contribution >= 0.6 is 0 Å². The van der Waals surface area contributed by atoms with E-state index in [9.17, 15) is 9.59 Å². The van der Waals surface area contributed by atoms with E-state index in [2.05, 4.69) is 9.88 Å². The number of rotatable bonds is 2. The van der Waals surface area contributed by atoms with Gasteiger partial charge in [-0.2, -0.15) is 0 Å². The van der Waals surface area contributed by atoms with Crippen LogP contribution in [0.4, 0.5) is 0 Å². The Labute approximate surface area is 166 Å². The summed E-state index contributed by atoms with van der Waals surface area (Å²) < 4.78 is 5.54. The molecule has 4 saturated heterocycles. The van der Waals surface area contributed by atoms with Crippen LogP contribution < -0.4 is 5.56 Å². The molecule has 0 spiro atoms. The maximum absolute atomic E-state index is 13.4. The van der Waals surface area contributed by atoms with Crippen molar-refractivity contribution in [2.75, 3.05) is 32.8 Å². The number of piperidine rings is 1. The third-order valence-corrected chi connectivity index (χ3v) is 7.28. The lowest BCUT2D eigenvalue weighted by molar-refractivity contribution is 0.0304. The first-order valence-electron chi connectivity index (χ1n) is 11.1. The fraction of sp³-hybridized carbons (Fsp3) is 0.727. The van der Waals surface area contributed by atoms with Gasteiger partial charge in [-0.1, -0.05) is 0 Å². The van der Waals surface area contributed by atoms with E-state index in [1.807, 2.05) is 11.0 Å². The number of ether oxygens (including phenoxy) is 1. The zero-order valence-electron chi connectivity index (χ0n) is 16.6. The highest BCUT2D eigenvalue weighted by atomic mass is 16.5. The normalized spacial score (nSPS) is 28.8. The number of hydrogen-bond donors (Lipinski definition) is 1. The molecule has 1 N–H and O–H groups in total. The Morgan fingerprint density at radius 1 is 1.00 bits per heavy atom. The largest absolute Gasteiger partial charge is 0.381 e. The molecular weight excluding hydrogens is 354 g/mol. The van der Waals surface area contributed by atoms with Crippen molar-refractivity contribution in [1.29, 1.82) is 0 Å². The summed E-state index contributed by atoms with van der Waals surface area (Å²) in [6.07, 6.45) is 8.59. The van der Waals surface area contributed by atoms with Crippen molar-refractivity contribution in [1.82, 2.24) is 14.8 Å². The van der Waals surface area contributed by atoms with Crippen molar-refractivity contribution in [3.63, 3.8) is 0 Å². The molecule has 5 aliphatic rings. The first-order valence-corrected chi connectivity index (χ1v) is 11.1. The molecule has 0 radical (unpaired) electrons. The Morgan fingerprint density at radius 2 is 1.82 bits per heavy atom. The lowest BCUT2D eigenvalue weighted by Crippen LogP contribution is -2.49. The van der Waals surface area contributed by atoms with Crippen LogP contribution in [0.3, 0.4) is 0 Å². The number of aromatic amines is 1. The molecule has 6 nitrogen and oxygen atoms in total. The lowest BCUT2D eigenvalue weighted by Gasteiger charge is -2.37. The number of fused-ring (bicyclic) bond motifs is 5. The molecule has 1 amide bonds. The second kappa shape index (κ2) is 7.64. The number of nitrogens with one attached hydrogen (secondary N) is 1. The Kier molecular flexibility index (Phi) is 5.01. The number of pyridine rings is 1. The molecule has 2 atom stereocenters. The molecule has 0 unspecified atom stereocenters. The molecule has 0 aromatic carbocycles. The summed E-state index contributed by atoms with van der Waals surface area (Å²) >= 11 is 0. The fourth-order valence-corrected chi connectivity index (χ4v) is 5.70. The van der Waals surface area contributed by atoms with E-state index in [1.54, 1.807) is 0 Å².